The van der Waals surface area contributed by atoms with Crippen molar-refractivity contribution in [1.82, 2.24) is 20.4 Å². The molecule has 0 aliphatic heterocycles. The minimum atomic E-state index is -0.569. The van der Waals surface area contributed by atoms with Gasteiger partial charge in [0.2, 0.25) is 5.91 Å². The van der Waals surface area contributed by atoms with Gasteiger partial charge in [-0.3, -0.25) is 14.8 Å². The Balaban J connectivity index is 1.89. The van der Waals surface area contributed by atoms with Crippen molar-refractivity contribution in [3.05, 3.63) is 47.2 Å². The lowest BCUT2D eigenvalue weighted by molar-refractivity contribution is -0.120. The molecule has 128 valence electrons. The van der Waals surface area contributed by atoms with E-state index in [-0.39, 0.29) is 0 Å². The molecule has 0 spiro atoms. The van der Waals surface area contributed by atoms with Crippen molar-refractivity contribution in [2.75, 3.05) is 11.9 Å². The van der Waals surface area contributed by atoms with Crippen molar-refractivity contribution >= 4 is 29.2 Å². The quantitative estimate of drug-likeness (QED) is 0.746. The summed E-state index contributed by atoms with van der Waals surface area (Å²) >= 11 is 5.86. The van der Waals surface area contributed by atoms with Crippen LogP contribution in [0.2, 0.25) is 5.02 Å². The van der Waals surface area contributed by atoms with Gasteiger partial charge < -0.3 is 10.6 Å². The van der Waals surface area contributed by atoms with Crippen LogP contribution in [-0.2, 0) is 11.3 Å². The Morgan fingerprint density at radius 3 is 2.67 bits per heavy atom. The predicted octanol–water partition coefficient (Wildman–Crippen LogP) is 2.23. The monoisotopic (exact) mass is 349 g/mol. The van der Waals surface area contributed by atoms with Gasteiger partial charge in [0.15, 0.2) is 0 Å². The lowest BCUT2D eigenvalue weighted by Crippen LogP contribution is -2.45. The van der Waals surface area contributed by atoms with Gasteiger partial charge in [0.05, 0.1) is 18.4 Å². The van der Waals surface area contributed by atoms with E-state index in [4.69, 9.17) is 11.6 Å². The first-order chi connectivity index (χ1) is 11.5. The van der Waals surface area contributed by atoms with Gasteiger partial charge >= 0.3 is 6.03 Å². The summed E-state index contributed by atoms with van der Waals surface area (Å²) in [6.45, 7) is 4.50. The van der Waals surface area contributed by atoms with E-state index in [0.717, 1.165) is 5.56 Å². The second-order valence-corrected chi connectivity index (χ2v) is 5.70. The zero-order valence-corrected chi connectivity index (χ0v) is 14.3. The Labute approximate surface area is 145 Å². The highest BCUT2D eigenvalue weighted by Crippen LogP contribution is 2.12. The maximum atomic E-state index is 11.9. The van der Waals surface area contributed by atoms with Crippen molar-refractivity contribution < 1.29 is 9.59 Å². The fraction of sp³-hybridized carbons (Fsp3) is 0.312. The van der Waals surface area contributed by atoms with Crippen LogP contribution < -0.4 is 16.0 Å². The number of rotatable bonds is 6. The molecular weight excluding hydrogens is 330 g/mol. The van der Waals surface area contributed by atoms with Gasteiger partial charge in [-0.05, 0) is 31.5 Å². The number of hydrogen-bond acceptors (Lipinski definition) is 4. The molecule has 0 saturated carbocycles. The second-order valence-electron chi connectivity index (χ2n) is 5.27. The number of imide groups is 1. The van der Waals surface area contributed by atoms with Crippen molar-refractivity contribution in [2.24, 2.45) is 0 Å². The zero-order chi connectivity index (χ0) is 17.5. The molecule has 3 amide bonds. The smallest absolute Gasteiger partial charge is 0.321 e. The highest BCUT2D eigenvalue weighted by molar-refractivity contribution is 6.30. The highest BCUT2D eigenvalue weighted by Gasteiger charge is 2.15. The van der Waals surface area contributed by atoms with Gasteiger partial charge in [0, 0.05) is 17.8 Å². The number of hydrogen-bond donors (Lipinski definition) is 3. The van der Waals surface area contributed by atoms with E-state index in [1.165, 1.54) is 0 Å². The Morgan fingerprint density at radius 1 is 1.29 bits per heavy atom. The van der Waals surface area contributed by atoms with E-state index >= 15 is 0 Å². The Morgan fingerprint density at radius 2 is 2.00 bits per heavy atom. The van der Waals surface area contributed by atoms with Gasteiger partial charge in [-0.25, -0.2) is 4.79 Å². The molecule has 1 atom stereocenters. The molecule has 0 fully saturated rings. The molecule has 0 aliphatic rings. The Bertz CT molecular complexity index is 699. The van der Waals surface area contributed by atoms with Crippen LogP contribution in [0.3, 0.4) is 0 Å². The number of urea groups is 1. The van der Waals surface area contributed by atoms with E-state index in [0.29, 0.717) is 23.8 Å². The SMILES string of the molecule is CCNC(=O)NC(=O)[C@@H](C)Nc1cnn(Cc2ccc(Cl)cc2)c1. The van der Waals surface area contributed by atoms with Crippen LogP contribution in [0.5, 0.6) is 0 Å². The van der Waals surface area contributed by atoms with Gasteiger partial charge in [-0.1, -0.05) is 23.7 Å². The summed E-state index contributed by atoms with van der Waals surface area (Å²) in [7, 11) is 0. The minimum Gasteiger partial charge on any atom is -0.371 e. The van der Waals surface area contributed by atoms with Crippen molar-refractivity contribution in [1.29, 1.82) is 0 Å². The van der Waals surface area contributed by atoms with Crippen molar-refractivity contribution in [3.8, 4) is 0 Å². The summed E-state index contributed by atoms with van der Waals surface area (Å²) in [6.07, 6.45) is 3.43. The molecule has 7 nitrogen and oxygen atoms in total. The van der Waals surface area contributed by atoms with E-state index in [1.54, 1.807) is 30.9 Å². The highest BCUT2D eigenvalue weighted by atomic mass is 35.5. The lowest BCUT2D eigenvalue weighted by atomic mass is 10.2. The molecular formula is C16H20ClN5O2. The molecule has 2 rings (SSSR count). The molecule has 1 aromatic carbocycles. The summed E-state index contributed by atoms with van der Waals surface area (Å²) < 4.78 is 1.75. The van der Waals surface area contributed by atoms with Crippen molar-refractivity contribution in [3.63, 3.8) is 0 Å². The van der Waals surface area contributed by atoms with Crippen LogP contribution in [0.1, 0.15) is 19.4 Å². The molecule has 0 radical (unpaired) electrons. The van der Waals surface area contributed by atoms with E-state index in [9.17, 15) is 9.59 Å². The fourth-order valence-corrected chi connectivity index (χ4v) is 2.17. The molecule has 0 bridgehead atoms. The first-order valence-corrected chi connectivity index (χ1v) is 7.98. The minimum absolute atomic E-state index is 0.411. The number of aromatic nitrogens is 2. The molecule has 0 aliphatic carbocycles. The van der Waals surface area contributed by atoms with Crippen LogP contribution in [-0.4, -0.2) is 34.3 Å². The summed E-state index contributed by atoms with van der Waals surface area (Å²) in [6, 6.07) is 6.44. The van der Waals surface area contributed by atoms with Gasteiger partial charge in [-0.15, -0.1) is 0 Å². The number of carbonyl (C=O) groups is 2. The number of nitrogens with one attached hydrogen (secondary N) is 3. The largest absolute Gasteiger partial charge is 0.371 e. The van der Waals surface area contributed by atoms with Gasteiger partial charge in [0.25, 0.3) is 0 Å². The maximum absolute atomic E-state index is 11.9. The van der Waals surface area contributed by atoms with Crippen LogP contribution in [0.4, 0.5) is 10.5 Å². The first-order valence-electron chi connectivity index (χ1n) is 7.60. The van der Waals surface area contributed by atoms with E-state index in [2.05, 4.69) is 21.0 Å². The van der Waals surface area contributed by atoms with Crippen LogP contribution in [0.15, 0.2) is 36.7 Å². The third-order valence-electron chi connectivity index (χ3n) is 3.24. The molecule has 3 N–H and O–H groups in total. The van der Waals surface area contributed by atoms with Gasteiger partial charge in [0.1, 0.15) is 6.04 Å². The third-order valence-corrected chi connectivity index (χ3v) is 3.49. The summed E-state index contributed by atoms with van der Waals surface area (Å²) in [5.41, 5.74) is 1.76. The summed E-state index contributed by atoms with van der Waals surface area (Å²) in [5.74, 6) is -0.411. The third kappa shape index (κ3) is 5.27. The maximum Gasteiger partial charge on any atom is 0.321 e. The van der Waals surface area contributed by atoms with Crippen LogP contribution in [0, 0.1) is 0 Å². The topological polar surface area (TPSA) is 88.1 Å². The molecule has 24 heavy (non-hydrogen) atoms. The van der Waals surface area contributed by atoms with Crippen LogP contribution in [0.25, 0.3) is 0 Å². The number of nitrogens with zero attached hydrogens (tertiary/aromatic N) is 2. The average Bonchev–Trinajstić information content (AvgIpc) is 2.96. The number of carbonyl (C=O) groups excluding carboxylic acids is 2. The second kappa shape index (κ2) is 8.35. The summed E-state index contributed by atoms with van der Waals surface area (Å²) in [5, 5.41) is 12.7. The number of benzene rings is 1. The molecule has 0 unspecified atom stereocenters. The number of halogens is 1. The van der Waals surface area contributed by atoms with Gasteiger partial charge in [-0.2, -0.15) is 5.10 Å². The van der Waals surface area contributed by atoms with E-state index in [1.807, 2.05) is 24.3 Å². The van der Waals surface area contributed by atoms with Crippen molar-refractivity contribution in [2.45, 2.75) is 26.4 Å². The molecule has 1 heterocycles. The number of amides is 3. The number of anilines is 1. The average molecular weight is 350 g/mol. The normalized spacial score (nSPS) is 11.6. The van der Waals surface area contributed by atoms with E-state index < -0.39 is 18.0 Å². The Kier molecular flexibility index (Phi) is 6.20. The molecule has 1 aromatic heterocycles. The molecule has 8 heteroatoms. The Hall–Kier alpha value is -2.54. The fourth-order valence-electron chi connectivity index (χ4n) is 2.04. The zero-order valence-electron chi connectivity index (χ0n) is 13.5. The molecule has 0 saturated heterocycles. The standard InChI is InChI=1S/C16H20ClN5O2/c1-3-18-16(24)21-15(23)11(2)20-14-8-19-22(10-14)9-12-4-6-13(17)7-5-12/h4-8,10-11,20H,3,9H2,1-2H3,(H2,18,21,23,24)/t11-/m1/s1. The molecule has 2 aromatic rings. The lowest BCUT2D eigenvalue weighted by Gasteiger charge is -2.13. The predicted molar refractivity (Wildman–Crippen MR) is 93.1 cm³/mol. The van der Waals surface area contributed by atoms with Crippen LogP contribution >= 0.6 is 11.6 Å². The summed E-state index contributed by atoms with van der Waals surface area (Å²) in [4.78, 5) is 23.2. The first kappa shape index (κ1) is 17.8.